The van der Waals surface area contributed by atoms with Gasteiger partial charge in [-0.25, -0.2) is 0 Å². The fourth-order valence-corrected chi connectivity index (χ4v) is 2.25. The first-order valence-corrected chi connectivity index (χ1v) is 7.40. The van der Waals surface area contributed by atoms with E-state index < -0.39 is 0 Å². The van der Waals surface area contributed by atoms with Crippen molar-refractivity contribution < 1.29 is 14.7 Å². The molecule has 3 N–H and O–H groups in total. The zero-order valence-corrected chi connectivity index (χ0v) is 13.2. The molecule has 2 amide bonds. The molecule has 5 heteroatoms. The van der Waals surface area contributed by atoms with Gasteiger partial charge in [-0.05, 0) is 55.3 Å². The Hall–Kier alpha value is -2.82. The average molecular weight is 312 g/mol. The van der Waals surface area contributed by atoms with Gasteiger partial charge in [-0.15, -0.1) is 0 Å². The number of carbonyl (C=O) groups excluding carboxylic acids is 2. The number of nitrogens with one attached hydrogen (secondary N) is 2. The van der Waals surface area contributed by atoms with E-state index in [9.17, 15) is 14.7 Å². The first-order valence-electron chi connectivity index (χ1n) is 7.40. The second-order valence-corrected chi connectivity index (χ2v) is 5.50. The van der Waals surface area contributed by atoms with Gasteiger partial charge in [-0.1, -0.05) is 12.1 Å². The van der Waals surface area contributed by atoms with Gasteiger partial charge in [0.15, 0.2) is 0 Å². The van der Waals surface area contributed by atoms with Crippen LogP contribution in [0.2, 0.25) is 0 Å². The molecular weight excluding hydrogens is 292 g/mol. The van der Waals surface area contributed by atoms with Crippen LogP contribution in [-0.4, -0.2) is 23.0 Å². The van der Waals surface area contributed by atoms with E-state index in [2.05, 4.69) is 10.6 Å². The quantitative estimate of drug-likeness (QED) is 0.794. The van der Waals surface area contributed by atoms with Crippen molar-refractivity contribution in [3.8, 4) is 5.75 Å². The molecule has 0 radical (unpaired) electrons. The van der Waals surface area contributed by atoms with Crippen LogP contribution in [-0.2, 0) is 11.2 Å². The van der Waals surface area contributed by atoms with Crippen molar-refractivity contribution in [3.05, 3.63) is 59.7 Å². The number of rotatable bonds is 5. The third-order valence-corrected chi connectivity index (χ3v) is 3.32. The van der Waals surface area contributed by atoms with E-state index in [0.717, 1.165) is 5.56 Å². The molecule has 0 unspecified atom stereocenters. The van der Waals surface area contributed by atoms with Gasteiger partial charge < -0.3 is 15.7 Å². The number of hydrogen-bond acceptors (Lipinski definition) is 3. The van der Waals surface area contributed by atoms with Crippen LogP contribution in [0.4, 0.5) is 5.69 Å². The maximum Gasteiger partial charge on any atom is 0.251 e. The average Bonchev–Trinajstić information content (AvgIpc) is 2.49. The van der Waals surface area contributed by atoms with E-state index in [0.29, 0.717) is 17.7 Å². The summed E-state index contributed by atoms with van der Waals surface area (Å²) in [4.78, 5) is 23.2. The van der Waals surface area contributed by atoms with Gasteiger partial charge in [-0.3, -0.25) is 9.59 Å². The third kappa shape index (κ3) is 5.14. The molecule has 0 spiro atoms. The number of aromatic hydroxyl groups is 1. The molecule has 1 atom stereocenters. The summed E-state index contributed by atoms with van der Waals surface area (Å²) in [6, 6.07) is 13.6. The number of anilines is 1. The molecule has 0 aliphatic heterocycles. The molecule has 0 aromatic heterocycles. The summed E-state index contributed by atoms with van der Waals surface area (Å²) >= 11 is 0. The first kappa shape index (κ1) is 16.5. The van der Waals surface area contributed by atoms with Crippen LogP contribution in [0.25, 0.3) is 0 Å². The third-order valence-electron chi connectivity index (χ3n) is 3.32. The highest BCUT2D eigenvalue weighted by molar-refractivity contribution is 5.95. The van der Waals surface area contributed by atoms with E-state index in [1.54, 1.807) is 36.4 Å². The van der Waals surface area contributed by atoms with Crippen LogP contribution < -0.4 is 10.6 Å². The topological polar surface area (TPSA) is 78.4 Å². The molecule has 23 heavy (non-hydrogen) atoms. The Bertz CT molecular complexity index is 678. The Morgan fingerprint density at radius 1 is 1.04 bits per heavy atom. The SMILES string of the molecule is CC(=O)Nc1ccc(C(=O)N[C@H](C)Cc2ccc(O)cc2)cc1. The molecule has 0 saturated heterocycles. The minimum atomic E-state index is -0.161. The molecule has 120 valence electrons. The Kier molecular flexibility index (Phi) is 5.36. The minimum absolute atomic E-state index is 0.0398. The number of hydrogen-bond donors (Lipinski definition) is 3. The molecule has 2 aromatic carbocycles. The summed E-state index contributed by atoms with van der Waals surface area (Å²) < 4.78 is 0. The fraction of sp³-hybridized carbons (Fsp3) is 0.222. The Morgan fingerprint density at radius 3 is 2.22 bits per heavy atom. The Labute approximate surface area is 135 Å². The van der Waals surface area contributed by atoms with Gasteiger partial charge >= 0.3 is 0 Å². The monoisotopic (exact) mass is 312 g/mol. The predicted molar refractivity (Wildman–Crippen MR) is 89.5 cm³/mol. The van der Waals surface area contributed by atoms with Gasteiger partial charge in [0, 0.05) is 24.2 Å². The van der Waals surface area contributed by atoms with Crippen LogP contribution in [0.15, 0.2) is 48.5 Å². The molecule has 0 saturated carbocycles. The van der Waals surface area contributed by atoms with Gasteiger partial charge in [0.25, 0.3) is 5.91 Å². The largest absolute Gasteiger partial charge is 0.508 e. The summed E-state index contributed by atoms with van der Waals surface area (Å²) in [5.74, 6) is -0.0833. The van der Waals surface area contributed by atoms with Gasteiger partial charge in [0.05, 0.1) is 0 Å². The number of phenols is 1. The number of phenolic OH excluding ortho intramolecular Hbond substituents is 1. The van der Waals surface area contributed by atoms with Crippen LogP contribution in [0.5, 0.6) is 5.75 Å². The normalized spacial score (nSPS) is 11.6. The summed E-state index contributed by atoms with van der Waals surface area (Å²) in [5, 5.41) is 14.9. The van der Waals surface area contributed by atoms with Crippen LogP contribution in [0.1, 0.15) is 29.8 Å². The first-order chi connectivity index (χ1) is 10.9. The van der Waals surface area contributed by atoms with E-state index in [-0.39, 0.29) is 23.6 Å². The van der Waals surface area contributed by atoms with Crippen LogP contribution >= 0.6 is 0 Å². The highest BCUT2D eigenvalue weighted by Gasteiger charge is 2.10. The zero-order valence-electron chi connectivity index (χ0n) is 13.2. The number of benzene rings is 2. The predicted octanol–water partition coefficient (Wildman–Crippen LogP) is 2.71. The van der Waals surface area contributed by atoms with E-state index >= 15 is 0 Å². The van der Waals surface area contributed by atoms with Gasteiger partial charge in [0.1, 0.15) is 5.75 Å². The highest BCUT2D eigenvalue weighted by Crippen LogP contribution is 2.12. The lowest BCUT2D eigenvalue weighted by Gasteiger charge is -2.14. The maximum atomic E-state index is 12.2. The molecule has 2 rings (SSSR count). The molecule has 0 aliphatic carbocycles. The number of amides is 2. The standard InChI is InChI=1S/C18H20N2O3/c1-12(11-14-3-9-17(22)10-4-14)19-18(23)15-5-7-16(8-6-15)20-13(2)21/h3-10,12,22H,11H2,1-2H3,(H,19,23)(H,20,21)/t12-/m1/s1. The molecule has 0 bridgehead atoms. The smallest absolute Gasteiger partial charge is 0.251 e. The fourth-order valence-electron chi connectivity index (χ4n) is 2.25. The Balaban J connectivity index is 1.92. The lowest BCUT2D eigenvalue weighted by atomic mass is 10.1. The van der Waals surface area contributed by atoms with Crippen molar-refractivity contribution in [2.24, 2.45) is 0 Å². The van der Waals surface area contributed by atoms with E-state index in [4.69, 9.17) is 0 Å². The van der Waals surface area contributed by atoms with Crippen molar-refractivity contribution in [3.63, 3.8) is 0 Å². The highest BCUT2D eigenvalue weighted by atomic mass is 16.3. The maximum absolute atomic E-state index is 12.2. The number of carbonyl (C=O) groups is 2. The molecular formula is C18H20N2O3. The molecule has 5 nitrogen and oxygen atoms in total. The lowest BCUT2D eigenvalue weighted by Crippen LogP contribution is -2.34. The van der Waals surface area contributed by atoms with Gasteiger partial charge in [0.2, 0.25) is 5.91 Å². The second kappa shape index (κ2) is 7.45. The molecule has 2 aromatic rings. The molecule has 0 fully saturated rings. The summed E-state index contributed by atoms with van der Waals surface area (Å²) in [6.07, 6.45) is 0.677. The second-order valence-electron chi connectivity index (χ2n) is 5.50. The molecule has 0 aliphatic rings. The Morgan fingerprint density at radius 2 is 1.65 bits per heavy atom. The van der Waals surface area contributed by atoms with E-state index in [1.165, 1.54) is 6.92 Å². The van der Waals surface area contributed by atoms with Crippen molar-refractivity contribution in [2.75, 3.05) is 5.32 Å². The molecule has 0 heterocycles. The van der Waals surface area contributed by atoms with Crippen LogP contribution in [0, 0.1) is 0 Å². The summed E-state index contributed by atoms with van der Waals surface area (Å²) in [6.45, 7) is 3.36. The summed E-state index contributed by atoms with van der Waals surface area (Å²) in [5.41, 5.74) is 2.24. The van der Waals surface area contributed by atoms with Gasteiger partial charge in [-0.2, -0.15) is 0 Å². The summed E-state index contributed by atoms with van der Waals surface area (Å²) in [7, 11) is 0. The zero-order chi connectivity index (χ0) is 16.8. The van der Waals surface area contributed by atoms with E-state index in [1.807, 2.05) is 19.1 Å². The van der Waals surface area contributed by atoms with Crippen molar-refractivity contribution in [1.29, 1.82) is 0 Å². The van der Waals surface area contributed by atoms with Crippen LogP contribution in [0.3, 0.4) is 0 Å². The van der Waals surface area contributed by atoms with Crippen molar-refractivity contribution in [1.82, 2.24) is 5.32 Å². The lowest BCUT2D eigenvalue weighted by molar-refractivity contribution is -0.114. The minimum Gasteiger partial charge on any atom is -0.508 e. The van der Waals surface area contributed by atoms with Crippen molar-refractivity contribution >= 4 is 17.5 Å². The van der Waals surface area contributed by atoms with Crippen molar-refractivity contribution in [2.45, 2.75) is 26.3 Å².